The van der Waals surface area contributed by atoms with Crippen LogP contribution in [0, 0.1) is 0 Å². The Kier molecular flexibility index (Phi) is 5.63. The van der Waals surface area contributed by atoms with Crippen LogP contribution < -0.4 is 0 Å². The number of ether oxygens (including phenoxy) is 1. The Labute approximate surface area is 144 Å². The molecule has 0 fully saturated rings. The number of methoxy groups -OCH3 is 1. The van der Waals surface area contributed by atoms with Crippen LogP contribution in [-0.4, -0.2) is 41.2 Å². The highest BCUT2D eigenvalue weighted by Crippen LogP contribution is 2.16. The molecule has 0 spiro atoms. The lowest BCUT2D eigenvalue weighted by Crippen LogP contribution is -2.33. The Hall–Kier alpha value is -2.87. The summed E-state index contributed by atoms with van der Waals surface area (Å²) in [6, 6.07) is 7.12. The van der Waals surface area contributed by atoms with Gasteiger partial charge in [-0.05, 0) is 24.3 Å². The molecule has 0 aliphatic heterocycles. The van der Waals surface area contributed by atoms with Crippen molar-refractivity contribution < 1.29 is 22.9 Å². The maximum Gasteiger partial charge on any atom is 0.238 e. The molecule has 0 saturated heterocycles. The summed E-state index contributed by atoms with van der Waals surface area (Å²) in [4.78, 5) is 18.4. The highest BCUT2D eigenvalue weighted by atomic mass is 16.5. The lowest BCUT2D eigenvalue weighted by Gasteiger charge is -2.21. The van der Waals surface area contributed by atoms with Crippen LogP contribution in [0.4, 0.5) is 0 Å². The van der Waals surface area contributed by atoms with Gasteiger partial charge in [-0.25, -0.2) is 0 Å². The normalized spacial score (nSPS) is 10.9. The Balaban J connectivity index is 1.57. The van der Waals surface area contributed by atoms with Crippen molar-refractivity contribution in [2.45, 2.75) is 19.4 Å². The number of carbonyl (C=O) groups excluding carboxylic acids is 1. The van der Waals surface area contributed by atoms with Crippen molar-refractivity contribution in [2.24, 2.45) is 0 Å². The third kappa shape index (κ3) is 4.57. The predicted molar refractivity (Wildman–Crippen MR) is 86.3 cm³/mol. The van der Waals surface area contributed by atoms with Gasteiger partial charge in [0.1, 0.15) is 5.76 Å². The molecule has 0 aromatic carbocycles. The minimum Gasteiger partial charge on any atom is -0.467 e. The van der Waals surface area contributed by atoms with Gasteiger partial charge in [0, 0.05) is 26.5 Å². The molecule has 25 heavy (non-hydrogen) atoms. The first-order valence-electron chi connectivity index (χ1n) is 7.92. The molecule has 3 heterocycles. The van der Waals surface area contributed by atoms with Gasteiger partial charge in [0.05, 0.1) is 25.7 Å². The van der Waals surface area contributed by atoms with Crippen LogP contribution in [-0.2, 0) is 22.5 Å². The van der Waals surface area contributed by atoms with Crippen molar-refractivity contribution in [3.63, 3.8) is 0 Å². The number of rotatable bonds is 9. The molecular weight excluding hydrogens is 326 g/mol. The van der Waals surface area contributed by atoms with Gasteiger partial charge in [0.25, 0.3) is 0 Å². The van der Waals surface area contributed by atoms with Crippen molar-refractivity contribution in [2.75, 3.05) is 20.3 Å². The van der Waals surface area contributed by atoms with Crippen LogP contribution in [0.1, 0.15) is 18.1 Å². The van der Waals surface area contributed by atoms with Crippen LogP contribution in [0.5, 0.6) is 0 Å². The number of aromatic nitrogens is 2. The summed E-state index contributed by atoms with van der Waals surface area (Å²) >= 11 is 0. The lowest BCUT2D eigenvalue weighted by molar-refractivity contribution is -0.132. The number of carbonyl (C=O) groups is 1. The summed E-state index contributed by atoms with van der Waals surface area (Å²) in [6.45, 7) is 1.34. The molecular formula is C17H19N3O5. The topological polar surface area (TPSA) is 94.7 Å². The van der Waals surface area contributed by atoms with Crippen molar-refractivity contribution in [1.29, 1.82) is 0 Å². The van der Waals surface area contributed by atoms with E-state index >= 15 is 0 Å². The van der Waals surface area contributed by atoms with E-state index in [0.29, 0.717) is 43.6 Å². The van der Waals surface area contributed by atoms with Crippen molar-refractivity contribution in [3.8, 4) is 11.6 Å². The molecule has 8 nitrogen and oxygen atoms in total. The fourth-order valence-corrected chi connectivity index (χ4v) is 2.32. The van der Waals surface area contributed by atoms with Crippen molar-refractivity contribution >= 4 is 5.91 Å². The molecule has 0 radical (unpaired) electrons. The van der Waals surface area contributed by atoms with Gasteiger partial charge in [-0.1, -0.05) is 5.16 Å². The first-order chi connectivity index (χ1) is 12.3. The maximum absolute atomic E-state index is 12.5. The molecule has 0 atom stereocenters. The fourth-order valence-electron chi connectivity index (χ4n) is 2.32. The van der Waals surface area contributed by atoms with E-state index in [-0.39, 0.29) is 12.3 Å². The molecule has 1 amide bonds. The SMILES string of the molecule is COCCN(Cc1ccco1)C(=O)CCc1nc(-c2ccco2)no1. The average molecular weight is 345 g/mol. The average Bonchev–Trinajstić information content (AvgIpc) is 3.38. The molecule has 0 unspecified atom stereocenters. The largest absolute Gasteiger partial charge is 0.467 e. The summed E-state index contributed by atoms with van der Waals surface area (Å²) in [6.07, 6.45) is 3.73. The number of nitrogens with zero attached hydrogens (tertiary/aromatic N) is 3. The maximum atomic E-state index is 12.5. The molecule has 0 aliphatic rings. The summed E-state index contributed by atoms with van der Waals surface area (Å²) in [7, 11) is 1.60. The Bertz CT molecular complexity index is 764. The third-order valence-corrected chi connectivity index (χ3v) is 3.61. The van der Waals surface area contributed by atoms with Gasteiger partial charge >= 0.3 is 0 Å². The molecule has 8 heteroatoms. The van der Waals surface area contributed by atoms with Crippen LogP contribution in [0.15, 0.2) is 50.1 Å². The highest BCUT2D eigenvalue weighted by Gasteiger charge is 2.17. The lowest BCUT2D eigenvalue weighted by atomic mass is 10.2. The zero-order valence-electron chi connectivity index (χ0n) is 13.9. The number of aryl methyl sites for hydroxylation is 1. The van der Waals surface area contributed by atoms with E-state index in [9.17, 15) is 4.79 Å². The van der Waals surface area contributed by atoms with Gasteiger partial charge in [-0.15, -0.1) is 0 Å². The van der Waals surface area contributed by atoms with Crippen LogP contribution in [0.25, 0.3) is 11.6 Å². The second kappa shape index (κ2) is 8.29. The second-order valence-corrected chi connectivity index (χ2v) is 5.38. The zero-order chi connectivity index (χ0) is 17.5. The first kappa shape index (κ1) is 17.0. The van der Waals surface area contributed by atoms with E-state index in [1.807, 2.05) is 6.07 Å². The second-order valence-electron chi connectivity index (χ2n) is 5.38. The Morgan fingerprint density at radius 1 is 1.24 bits per heavy atom. The molecule has 132 valence electrons. The smallest absolute Gasteiger partial charge is 0.238 e. The summed E-state index contributed by atoms with van der Waals surface area (Å²) in [5, 5.41) is 3.85. The fraction of sp³-hybridized carbons (Fsp3) is 0.353. The van der Waals surface area contributed by atoms with E-state index in [1.54, 1.807) is 36.5 Å². The van der Waals surface area contributed by atoms with E-state index in [2.05, 4.69) is 10.1 Å². The standard InChI is InChI=1S/C17H19N3O5/c1-22-11-8-20(12-13-4-2-9-23-13)16(21)7-6-15-18-17(19-25-15)14-5-3-10-24-14/h2-5,9-10H,6-8,11-12H2,1H3. The molecule has 0 saturated carbocycles. The molecule has 3 rings (SSSR count). The van der Waals surface area contributed by atoms with Gasteiger partial charge in [-0.3, -0.25) is 4.79 Å². The number of hydrogen-bond donors (Lipinski definition) is 0. The Morgan fingerprint density at radius 2 is 2.08 bits per heavy atom. The van der Waals surface area contributed by atoms with Crippen LogP contribution in [0.2, 0.25) is 0 Å². The van der Waals surface area contributed by atoms with Gasteiger partial charge in [0.2, 0.25) is 17.6 Å². The van der Waals surface area contributed by atoms with Crippen molar-refractivity contribution in [3.05, 3.63) is 48.4 Å². The van der Waals surface area contributed by atoms with Gasteiger partial charge in [0.15, 0.2) is 5.76 Å². The zero-order valence-corrected chi connectivity index (χ0v) is 13.9. The summed E-state index contributed by atoms with van der Waals surface area (Å²) in [5.41, 5.74) is 0. The van der Waals surface area contributed by atoms with Crippen molar-refractivity contribution in [1.82, 2.24) is 15.0 Å². The van der Waals surface area contributed by atoms with E-state index < -0.39 is 0 Å². The Morgan fingerprint density at radius 3 is 2.80 bits per heavy atom. The predicted octanol–water partition coefficient (Wildman–Crippen LogP) is 2.53. The monoisotopic (exact) mass is 345 g/mol. The van der Waals surface area contributed by atoms with Gasteiger partial charge in [-0.2, -0.15) is 4.98 Å². The van der Waals surface area contributed by atoms with Crippen LogP contribution >= 0.6 is 0 Å². The summed E-state index contributed by atoms with van der Waals surface area (Å²) < 4.78 is 20.8. The molecule has 0 bridgehead atoms. The minimum absolute atomic E-state index is 0.0359. The number of amides is 1. The van der Waals surface area contributed by atoms with Crippen LogP contribution in [0.3, 0.4) is 0 Å². The van der Waals surface area contributed by atoms with E-state index in [4.69, 9.17) is 18.1 Å². The third-order valence-electron chi connectivity index (χ3n) is 3.61. The molecule has 3 aromatic rings. The van der Waals surface area contributed by atoms with E-state index in [1.165, 1.54) is 6.26 Å². The number of furan rings is 2. The molecule has 0 N–H and O–H groups in total. The number of hydrogen-bond acceptors (Lipinski definition) is 7. The quantitative estimate of drug-likeness (QED) is 0.588. The molecule has 3 aromatic heterocycles. The van der Waals surface area contributed by atoms with Gasteiger partial charge < -0.3 is 23.0 Å². The highest BCUT2D eigenvalue weighted by molar-refractivity contribution is 5.76. The van der Waals surface area contributed by atoms with E-state index in [0.717, 1.165) is 5.76 Å². The molecule has 0 aliphatic carbocycles. The summed E-state index contributed by atoms with van der Waals surface area (Å²) in [5.74, 6) is 1.98. The minimum atomic E-state index is -0.0359. The first-order valence-corrected chi connectivity index (χ1v) is 7.92.